The molecule has 0 radical (unpaired) electrons. The molecule has 2 amide bonds. The Kier molecular flexibility index (Phi) is 3.99. The number of carbonyl (C=O) groups excluding carboxylic acids is 2. The number of rotatable bonds is 5. The fourth-order valence-electron chi connectivity index (χ4n) is 1.71. The molecule has 0 bridgehead atoms. The van der Waals surface area contributed by atoms with Crippen LogP contribution in [0.1, 0.15) is 16.9 Å². The minimum Gasteiger partial charge on any atom is -0.368 e. The van der Waals surface area contributed by atoms with Gasteiger partial charge in [-0.25, -0.2) is 0 Å². The lowest BCUT2D eigenvalue weighted by Crippen LogP contribution is -2.45. The van der Waals surface area contributed by atoms with E-state index < -0.39 is 0 Å². The summed E-state index contributed by atoms with van der Waals surface area (Å²) in [6, 6.07) is 3.56. The van der Waals surface area contributed by atoms with E-state index in [1.165, 1.54) is 0 Å². The van der Waals surface area contributed by atoms with Crippen molar-refractivity contribution in [1.82, 2.24) is 15.2 Å². The van der Waals surface area contributed by atoms with Gasteiger partial charge in [0, 0.05) is 32.8 Å². The summed E-state index contributed by atoms with van der Waals surface area (Å²) in [5.41, 5.74) is 0.601. The highest BCUT2D eigenvalue weighted by atomic mass is 16.5. The van der Waals surface area contributed by atoms with Gasteiger partial charge in [-0.05, 0) is 12.1 Å². The molecule has 0 aliphatic carbocycles. The number of amides is 2. The van der Waals surface area contributed by atoms with E-state index in [0.29, 0.717) is 25.4 Å². The maximum absolute atomic E-state index is 11.7. The van der Waals surface area contributed by atoms with E-state index >= 15 is 0 Å². The van der Waals surface area contributed by atoms with Crippen molar-refractivity contribution >= 4 is 11.8 Å². The van der Waals surface area contributed by atoms with E-state index in [4.69, 9.17) is 4.74 Å². The summed E-state index contributed by atoms with van der Waals surface area (Å²) < 4.78 is 6.79. The molecule has 2 N–H and O–H groups in total. The van der Waals surface area contributed by atoms with Gasteiger partial charge < -0.3 is 19.9 Å². The van der Waals surface area contributed by atoms with Crippen molar-refractivity contribution in [1.29, 1.82) is 0 Å². The Morgan fingerprint density at radius 3 is 2.72 bits per heavy atom. The molecule has 6 heteroatoms. The van der Waals surface area contributed by atoms with E-state index in [2.05, 4.69) is 10.6 Å². The van der Waals surface area contributed by atoms with E-state index in [9.17, 15) is 9.59 Å². The topological polar surface area (TPSA) is 72.4 Å². The number of hydrogen-bond acceptors (Lipinski definition) is 3. The van der Waals surface area contributed by atoms with Crippen molar-refractivity contribution in [3.8, 4) is 0 Å². The number of nitrogens with one attached hydrogen (secondary N) is 2. The van der Waals surface area contributed by atoms with Gasteiger partial charge in [0.25, 0.3) is 5.91 Å². The van der Waals surface area contributed by atoms with Crippen LogP contribution in [0.2, 0.25) is 0 Å². The Labute approximate surface area is 105 Å². The first-order valence-corrected chi connectivity index (χ1v) is 5.97. The van der Waals surface area contributed by atoms with Crippen LogP contribution in [-0.4, -0.2) is 42.2 Å². The Hall–Kier alpha value is -1.82. The van der Waals surface area contributed by atoms with E-state index in [0.717, 1.165) is 6.42 Å². The molecule has 98 valence electrons. The highest BCUT2D eigenvalue weighted by Crippen LogP contribution is 2.09. The minimum absolute atomic E-state index is 0.102. The molecule has 1 fully saturated rings. The molecule has 0 unspecified atom stereocenters. The van der Waals surface area contributed by atoms with Crippen molar-refractivity contribution in [3.63, 3.8) is 0 Å². The third kappa shape index (κ3) is 2.89. The molecule has 6 nitrogen and oxygen atoms in total. The SMILES string of the molecule is Cn1cccc1C(=O)NCCNC(=O)[C@@H]1CCO1. The van der Waals surface area contributed by atoms with Crippen molar-refractivity contribution in [2.24, 2.45) is 7.05 Å². The van der Waals surface area contributed by atoms with Crippen LogP contribution in [0.25, 0.3) is 0 Å². The van der Waals surface area contributed by atoms with Gasteiger partial charge >= 0.3 is 0 Å². The molecule has 1 aromatic rings. The molecule has 18 heavy (non-hydrogen) atoms. The molecule has 1 saturated heterocycles. The molecule has 2 rings (SSSR count). The standard InChI is InChI=1S/C12H17N3O3/c1-15-7-2-3-9(15)11(16)13-5-6-14-12(17)10-4-8-18-10/h2-3,7,10H,4-6,8H2,1H3,(H,13,16)(H,14,17)/t10-/m0/s1. The zero-order chi connectivity index (χ0) is 13.0. The number of nitrogens with zero attached hydrogens (tertiary/aromatic N) is 1. The summed E-state index contributed by atoms with van der Waals surface area (Å²) in [6.07, 6.45) is 2.29. The van der Waals surface area contributed by atoms with Crippen molar-refractivity contribution in [3.05, 3.63) is 24.0 Å². The zero-order valence-electron chi connectivity index (χ0n) is 10.3. The van der Waals surface area contributed by atoms with Gasteiger partial charge in [0.2, 0.25) is 5.91 Å². The first-order chi connectivity index (χ1) is 8.68. The van der Waals surface area contributed by atoms with Gasteiger partial charge in [-0.15, -0.1) is 0 Å². The number of hydrogen-bond donors (Lipinski definition) is 2. The van der Waals surface area contributed by atoms with Crippen molar-refractivity contribution < 1.29 is 14.3 Å². The van der Waals surface area contributed by atoms with Crippen molar-refractivity contribution in [2.45, 2.75) is 12.5 Å². The maximum atomic E-state index is 11.7. The molecule has 1 atom stereocenters. The smallest absolute Gasteiger partial charge is 0.267 e. The quantitative estimate of drug-likeness (QED) is 0.703. The molecule has 1 aromatic heterocycles. The van der Waals surface area contributed by atoms with Gasteiger partial charge in [-0.1, -0.05) is 0 Å². The van der Waals surface area contributed by atoms with Gasteiger partial charge in [-0.3, -0.25) is 9.59 Å². The predicted octanol–water partition coefficient (Wildman–Crippen LogP) is -0.340. The summed E-state index contributed by atoms with van der Waals surface area (Å²) in [4.78, 5) is 23.1. The zero-order valence-corrected chi connectivity index (χ0v) is 10.3. The molecular formula is C12H17N3O3. The Morgan fingerprint density at radius 1 is 1.44 bits per heavy atom. The molecule has 0 spiro atoms. The van der Waals surface area contributed by atoms with E-state index in [1.54, 1.807) is 10.6 Å². The molecule has 0 saturated carbocycles. The maximum Gasteiger partial charge on any atom is 0.267 e. The first-order valence-electron chi connectivity index (χ1n) is 5.97. The summed E-state index contributed by atoms with van der Waals surface area (Å²) in [5, 5.41) is 5.46. The van der Waals surface area contributed by atoms with Gasteiger partial charge in [0.15, 0.2) is 0 Å². The highest BCUT2D eigenvalue weighted by molar-refractivity contribution is 5.92. The first kappa shape index (κ1) is 12.6. The molecular weight excluding hydrogens is 234 g/mol. The van der Waals surface area contributed by atoms with Crippen LogP contribution < -0.4 is 10.6 Å². The normalized spacial score (nSPS) is 17.9. The Bertz CT molecular complexity index is 438. The van der Waals surface area contributed by atoms with Crippen LogP contribution in [0, 0.1) is 0 Å². The van der Waals surface area contributed by atoms with E-state index in [-0.39, 0.29) is 17.9 Å². The van der Waals surface area contributed by atoms with Crippen LogP contribution >= 0.6 is 0 Å². The lowest BCUT2D eigenvalue weighted by Gasteiger charge is -2.25. The minimum atomic E-state index is -0.298. The average Bonchev–Trinajstić information content (AvgIpc) is 2.68. The molecule has 1 aliphatic heterocycles. The summed E-state index contributed by atoms with van der Waals surface area (Å²) in [7, 11) is 1.81. The fraction of sp³-hybridized carbons (Fsp3) is 0.500. The Morgan fingerprint density at radius 2 is 2.17 bits per heavy atom. The van der Waals surface area contributed by atoms with Crippen LogP contribution in [0.15, 0.2) is 18.3 Å². The van der Waals surface area contributed by atoms with Gasteiger partial charge in [0.1, 0.15) is 11.8 Å². The number of aryl methyl sites for hydroxylation is 1. The second kappa shape index (κ2) is 5.68. The fourth-order valence-corrected chi connectivity index (χ4v) is 1.71. The molecule has 0 aromatic carbocycles. The monoisotopic (exact) mass is 251 g/mol. The summed E-state index contributed by atoms with van der Waals surface area (Å²) in [6.45, 7) is 1.47. The van der Waals surface area contributed by atoms with Crippen LogP contribution in [0.4, 0.5) is 0 Å². The van der Waals surface area contributed by atoms with Crippen LogP contribution in [0.5, 0.6) is 0 Å². The molecule has 2 heterocycles. The molecule has 1 aliphatic rings. The number of aromatic nitrogens is 1. The summed E-state index contributed by atoms with van der Waals surface area (Å²) >= 11 is 0. The van der Waals surface area contributed by atoms with Crippen molar-refractivity contribution in [2.75, 3.05) is 19.7 Å². The van der Waals surface area contributed by atoms with Crippen LogP contribution in [-0.2, 0) is 16.6 Å². The average molecular weight is 251 g/mol. The third-order valence-corrected chi connectivity index (χ3v) is 2.88. The second-order valence-corrected chi connectivity index (χ2v) is 4.20. The second-order valence-electron chi connectivity index (χ2n) is 4.20. The Balaban J connectivity index is 1.65. The summed E-state index contributed by atoms with van der Waals surface area (Å²) in [5.74, 6) is -0.244. The lowest BCUT2D eigenvalue weighted by atomic mass is 10.2. The van der Waals surface area contributed by atoms with E-state index in [1.807, 2.05) is 19.3 Å². The van der Waals surface area contributed by atoms with Crippen LogP contribution in [0.3, 0.4) is 0 Å². The lowest BCUT2D eigenvalue weighted by molar-refractivity contribution is -0.144. The van der Waals surface area contributed by atoms with Gasteiger partial charge in [-0.2, -0.15) is 0 Å². The largest absolute Gasteiger partial charge is 0.368 e. The highest BCUT2D eigenvalue weighted by Gasteiger charge is 2.25. The number of carbonyl (C=O) groups is 2. The number of ether oxygens (including phenoxy) is 1. The van der Waals surface area contributed by atoms with Gasteiger partial charge in [0.05, 0.1) is 6.61 Å². The third-order valence-electron chi connectivity index (χ3n) is 2.88. The predicted molar refractivity (Wildman–Crippen MR) is 65.1 cm³/mol.